The van der Waals surface area contributed by atoms with Crippen molar-refractivity contribution in [3.05, 3.63) is 27.7 Å². The quantitative estimate of drug-likeness (QED) is 0.720. The van der Waals surface area contributed by atoms with Crippen LogP contribution in [0.2, 0.25) is 0 Å². The second kappa shape index (κ2) is 9.09. The molecule has 0 atom stereocenters. The monoisotopic (exact) mass is 399 g/mol. The topological polar surface area (TPSA) is 33.5 Å². The molecule has 1 saturated heterocycles. The summed E-state index contributed by atoms with van der Waals surface area (Å²) in [6.07, 6.45) is 3.47. The highest BCUT2D eigenvalue weighted by Crippen LogP contribution is 2.28. The minimum atomic E-state index is 0.166. The molecule has 3 nitrogen and oxygen atoms in total. The van der Waals surface area contributed by atoms with Crippen molar-refractivity contribution in [1.29, 1.82) is 0 Å². The zero-order chi connectivity index (χ0) is 16.8. The van der Waals surface area contributed by atoms with Gasteiger partial charge < -0.3 is 10.2 Å². The Balaban J connectivity index is 1.77. The highest BCUT2D eigenvalue weighted by Gasteiger charge is 2.22. The van der Waals surface area contributed by atoms with Crippen LogP contribution in [0.3, 0.4) is 0 Å². The summed E-state index contributed by atoms with van der Waals surface area (Å²) in [5.41, 5.74) is 2.43. The van der Waals surface area contributed by atoms with Crippen molar-refractivity contribution in [2.45, 2.75) is 51.0 Å². The summed E-state index contributed by atoms with van der Waals surface area (Å²) in [5, 5.41) is 3.21. The summed E-state index contributed by atoms with van der Waals surface area (Å²) in [5.74, 6) is 0.670. The zero-order valence-electron chi connectivity index (χ0n) is 14.4. The Bertz CT molecular complexity index is 542. The number of carbonyl (C=O) groups is 1. The molecule has 1 fully saturated rings. The molecule has 0 aliphatic carbocycles. The molecule has 23 heavy (non-hydrogen) atoms. The molecule has 0 unspecified atom stereocenters. The van der Waals surface area contributed by atoms with E-state index >= 15 is 0 Å². The van der Waals surface area contributed by atoms with Gasteiger partial charge in [0.15, 0.2) is 0 Å². The van der Waals surface area contributed by atoms with Gasteiger partial charge >= 0.3 is 0 Å². The number of aryl methyl sites for hydroxylation is 2. The number of piperidine rings is 1. The van der Waals surface area contributed by atoms with E-state index in [1.54, 1.807) is 16.7 Å². The maximum atomic E-state index is 12.2. The van der Waals surface area contributed by atoms with Gasteiger partial charge in [0.25, 0.3) is 0 Å². The van der Waals surface area contributed by atoms with E-state index in [1.165, 1.54) is 42.1 Å². The average molecular weight is 400 g/mol. The van der Waals surface area contributed by atoms with Crippen LogP contribution in [0.5, 0.6) is 0 Å². The van der Waals surface area contributed by atoms with Crippen molar-refractivity contribution in [3.63, 3.8) is 0 Å². The third-order valence-corrected chi connectivity index (χ3v) is 6.49. The number of hydrogen-bond acceptors (Lipinski definition) is 2. The van der Waals surface area contributed by atoms with Gasteiger partial charge in [-0.05, 0) is 43.5 Å². The molecule has 1 heterocycles. The maximum Gasteiger partial charge on any atom is 0.230 e. The third kappa shape index (κ3) is 5.80. The molecule has 5 heteroatoms. The van der Waals surface area contributed by atoms with Gasteiger partial charge in [0.2, 0.25) is 5.91 Å². The largest absolute Gasteiger partial charge is 0.352 e. The lowest BCUT2D eigenvalue weighted by atomic mass is 10.1. The Hall–Kier alpha value is -0.520. The van der Waals surface area contributed by atoms with Crippen molar-refractivity contribution in [2.24, 2.45) is 0 Å². The van der Waals surface area contributed by atoms with Crippen molar-refractivity contribution < 1.29 is 9.69 Å². The van der Waals surface area contributed by atoms with Crippen LogP contribution in [0.15, 0.2) is 21.5 Å². The molecule has 2 rings (SSSR count). The summed E-state index contributed by atoms with van der Waals surface area (Å²) >= 11 is 5.19. The van der Waals surface area contributed by atoms with Crippen molar-refractivity contribution >= 4 is 33.6 Å². The number of rotatable bonds is 6. The van der Waals surface area contributed by atoms with E-state index < -0.39 is 0 Å². The van der Waals surface area contributed by atoms with Crippen LogP contribution in [0.1, 0.15) is 37.3 Å². The standard InChI is InChI=1S/C18H27BrN2OS/c1-4-7-21-8-5-15(6-9-21)20-18(22)12-23-17-11-13(2)16(19)10-14(17)3/h10-11,15H,4-9,12H2,1-3H3,(H,20,22)/p+1. The number of likely N-dealkylation sites (tertiary alicyclic amines) is 1. The van der Waals surface area contributed by atoms with E-state index in [4.69, 9.17) is 0 Å². The van der Waals surface area contributed by atoms with Crippen molar-refractivity contribution in [2.75, 3.05) is 25.4 Å². The normalized spacial score (nSPS) is 21.2. The number of hydrogen-bond donors (Lipinski definition) is 2. The Labute approximate surface area is 152 Å². The fraction of sp³-hybridized carbons (Fsp3) is 0.611. The van der Waals surface area contributed by atoms with E-state index in [0.29, 0.717) is 11.8 Å². The molecular formula is C18H28BrN2OS+. The number of carbonyl (C=O) groups excluding carboxylic acids is 1. The summed E-state index contributed by atoms with van der Waals surface area (Å²) in [7, 11) is 0. The molecule has 1 aliphatic heterocycles. The van der Waals surface area contributed by atoms with Crippen LogP contribution in [-0.4, -0.2) is 37.3 Å². The van der Waals surface area contributed by atoms with Crippen molar-refractivity contribution in [3.8, 4) is 0 Å². The number of benzene rings is 1. The highest BCUT2D eigenvalue weighted by atomic mass is 79.9. The van der Waals surface area contributed by atoms with Crippen LogP contribution < -0.4 is 10.2 Å². The molecule has 1 aromatic rings. The zero-order valence-corrected chi connectivity index (χ0v) is 16.8. The molecule has 2 N–H and O–H groups in total. The van der Waals surface area contributed by atoms with Gasteiger partial charge in [-0.25, -0.2) is 0 Å². The second-order valence-electron chi connectivity index (χ2n) is 6.50. The van der Waals surface area contributed by atoms with Gasteiger partial charge in [-0.15, -0.1) is 11.8 Å². The average Bonchev–Trinajstić information content (AvgIpc) is 2.52. The molecule has 0 bridgehead atoms. The molecule has 0 spiro atoms. The van der Waals surface area contributed by atoms with Gasteiger partial charge in [-0.1, -0.05) is 22.9 Å². The number of amides is 1. The maximum absolute atomic E-state index is 12.2. The smallest absolute Gasteiger partial charge is 0.230 e. The number of halogens is 1. The fourth-order valence-corrected chi connectivity index (χ4v) is 4.47. The number of thioether (sulfide) groups is 1. The second-order valence-corrected chi connectivity index (χ2v) is 8.37. The first-order valence-corrected chi connectivity index (χ1v) is 10.3. The summed E-state index contributed by atoms with van der Waals surface area (Å²) in [6, 6.07) is 4.66. The van der Waals surface area contributed by atoms with E-state index in [-0.39, 0.29) is 5.91 Å². The van der Waals surface area contributed by atoms with Gasteiger partial charge in [0, 0.05) is 28.3 Å². The van der Waals surface area contributed by atoms with Crippen LogP contribution in [0.4, 0.5) is 0 Å². The number of quaternary nitrogens is 1. The Morgan fingerprint density at radius 3 is 2.65 bits per heavy atom. The molecule has 128 valence electrons. The predicted molar refractivity (Wildman–Crippen MR) is 101 cm³/mol. The molecule has 0 aromatic heterocycles. The third-order valence-electron chi connectivity index (χ3n) is 4.48. The summed E-state index contributed by atoms with van der Waals surface area (Å²) < 4.78 is 1.13. The summed E-state index contributed by atoms with van der Waals surface area (Å²) in [4.78, 5) is 15.1. The first-order chi connectivity index (χ1) is 11.0. The van der Waals surface area contributed by atoms with E-state index in [2.05, 4.69) is 54.2 Å². The van der Waals surface area contributed by atoms with E-state index in [9.17, 15) is 4.79 Å². The van der Waals surface area contributed by atoms with Crippen LogP contribution in [-0.2, 0) is 4.79 Å². The first-order valence-electron chi connectivity index (χ1n) is 8.52. The Kier molecular flexibility index (Phi) is 7.44. The summed E-state index contributed by atoms with van der Waals surface area (Å²) in [6.45, 7) is 10.1. The Morgan fingerprint density at radius 1 is 1.30 bits per heavy atom. The Morgan fingerprint density at radius 2 is 2.00 bits per heavy atom. The minimum absolute atomic E-state index is 0.166. The van der Waals surface area contributed by atoms with Crippen LogP contribution in [0.25, 0.3) is 0 Å². The van der Waals surface area contributed by atoms with Gasteiger partial charge in [-0.3, -0.25) is 4.79 Å². The van der Waals surface area contributed by atoms with Crippen LogP contribution in [0, 0.1) is 13.8 Å². The van der Waals surface area contributed by atoms with E-state index in [1.807, 2.05) is 0 Å². The minimum Gasteiger partial charge on any atom is -0.352 e. The van der Waals surface area contributed by atoms with Crippen molar-refractivity contribution in [1.82, 2.24) is 5.32 Å². The van der Waals surface area contributed by atoms with Crippen LogP contribution >= 0.6 is 27.7 Å². The van der Waals surface area contributed by atoms with Gasteiger partial charge in [-0.2, -0.15) is 0 Å². The molecule has 1 aromatic carbocycles. The molecule has 0 saturated carbocycles. The predicted octanol–water partition coefficient (Wildman–Crippen LogP) is 2.73. The lowest BCUT2D eigenvalue weighted by molar-refractivity contribution is -0.905. The number of nitrogens with one attached hydrogen (secondary N) is 2. The SMILES string of the molecule is CCC[NH+]1CCC(NC(=O)CSc2cc(C)c(Br)cc2C)CC1. The molecule has 1 amide bonds. The first kappa shape index (κ1) is 18.8. The van der Waals surface area contributed by atoms with Gasteiger partial charge in [0.1, 0.15) is 0 Å². The molecular weight excluding hydrogens is 372 g/mol. The molecule has 0 radical (unpaired) electrons. The van der Waals surface area contributed by atoms with Gasteiger partial charge in [0.05, 0.1) is 25.4 Å². The molecule has 1 aliphatic rings. The lowest BCUT2D eigenvalue weighted by Crippen LogP contribution is -3.13. The highest BCUT2D eigenvalue weighted by molar-refractivity contribution is 9.10. The van der Waals surface area contributed by atoms with E-state index in [0.717, 1.165) is 17.3 Å². The fourth-order valence-electron chi connectivity index (χ4n) is 3.10. The lowest BCUT2D eigenvalue weighted by Gasteiger charge is -2.29.